The maximum atomic E-state index is 15.1. The molecule has 2 N–H and O–H groups in total. The number of nitrogens with zero attached hydrogens (tertiary/aromatic N) is 2. The van der Waals surface area contributed by atoms with Gasteiger partial charge in [-0.3, -0.25) is 9.78 Å². The van der Waals surface area contributed by atoms with Crippen molar-refractivity contribution in [2.75, 3.05) is 0 Å². The summed E-state index contributed by atoms with van der Waals surface area (Å²) in [5, 5.41) is 18.7. The van der Waals surface area contributed by atoms with Gasteiger partial charge in [0.25, 0.3) is 5.92 Å². The van der Waals surface area contributed by atoms with E-state index in [1.54, 1.807) is 49.5 Å². The molecule has 5 atom stereocenters. The minimum Gasteiger partial charge on any atom is -0.481 e. The molecule has 0 amide bonds. The number of carboxylic acid groups (broad SMARTS) is 1. The molecule has 1 aliphatic carbocycles. The lowest BCUT2D eigenvalue weighted by Gasteiger charge is -2.48. The standard InChI is InChI=1S/C25H25F2N3O4S/c1-15-20(10-9-19-8-7-18(13-29-19)21-6-4-3-5-17(21)12-28)23-16(2)30-35(33,34)24(23,11-22(31)32)14-25(15,26)27/h3-10,13,15-16,20,23,30H,11,14H2,1-2H3,(H,31,32)/t15-,16+,20-,23-,24+/m0/s1. The van der Waals surface area contributed by atoms with Gasteiger partial charge in [0.15, 0.2) is 0 Å². The van der Waals surface area contributed by atoms with Gasteiger partial charge < -0.3 is 5.11 Å². The van der Waals surface area contributed by atoms with Gasteiger partial charge in [-0.05, 0) is 31.1 Å². The fourth-order valence-corrected chi connectivity index (χ4v) is 7.93. The first kappa shape index (κ1) is 24.9. The zero-order chi connectivity index (χ0) is 25.6. The van der Waals surface area contributed by atoms with E-state index in [1.807, 2.05) is 6.07 Å². The number of carbonyl (C=O) groups is 1. The molecule has 1 aliphatic heterocycles. The summed E-state index contributed by atoms with van der Waals surface area (Å²) in [5.74, 6) is -7.77. The highest BCUT2D eigenvalue weighted by atomic mass is 32.2. The van der Waals surface area contributed by atoms with Gasteiger partial charge in [0.2, 0.25) is 10.0 Å². The number of rotatable bonds is 5. The molecule has 2 aliphatic rings. The van der Waals surface area contributed by atoms with Crippen LogP contribution in [-0.2, 0) is 14.8 Å². The summed E-state index contributed by atoms with van der Waals surface area (Å²) in [4.78, 5) is 16.0. The van der Waals surface area contributed by atoms with E-state index in [0.29, 0.717) is 16.8 Å². The van der Waals surface area contributed by atoms with E-state index in [-0.39, 0.29) is 0 Å². The molecular weight excluding hydrogens is 476 g/mol. The number of nitriles is 1. The van der Waals surface area contributed by atoms with E-state index in [1.165, 1.54) is 13.0 Å². The number of carboxylic acids is 1. The second kappa shape index (κ2) is 8.81. The fraction of sp³-hybridized carbons (Fsp3) is 0.400. The summed E-state index contributed by atoms with van der Waals surface area (Å²) < 4.78 is 56.4. The number of halogens is 2. The van der Waals surface area contributed by atoms with Crippen LogP contribution in [-0.4, -0.2) is 41.2 Å². The topological polar surface area (TPSA) is 120 Å². The number of aliphatic carboxylic acids is 1. The van der Waals surface area contributed by atoms with Gasteiger partial charge in [-0.2, -0.15) is 5.26 Å². The predicted molar refractivity (Wildman–Crippen MR) is 126 cm³/mol. The molecule has 1 aromatic heterocycles. The molecule has 184 valence electrons. The number of hydrogen-bond donors (Lipinski definition) is 2. The molecule has 0 bridgehead atoms. The van der Waals surface area contributed by atoms with Crippen molar-refractivity contribution in [2.24, 2.45) is 17.8 Å². The van der Waals surface area contributed by atoms with Gasteiger partial charge in [0.1, 0.15) is 4.75 Å². The molecule has 1 saturated heterocycles. The smallest absolute Gasteiger partial charge is 0.305 e. The Hall–Kier alpha value is -3.16. The van der Waals surface area contributed by atoms with Gasteiger partial charge in [-0.15, -0.1) is 0 Å². The number of hydrogen-bond acceptors (Lipinski definition) is 5. The number of sulfonamides is 1. The van der Waals surface area contributed by atoms with Crippen LogP contribution >= 0.6 is 0 Å². The number of benzene rings is 1. The second-order valence-corrected chi connectivity index (χ2v) is 11.4. The zero-order valence-electron chi connectivity index (χ0n) is 19.2. The van der Waals surface area contributed by atoms with Crippen molar-refractivity contribution in [3.8, 4) is 17.2 Å². The Morgan fingerprint density at radius 2 is 2.00 bits per heavy atom. The monoisotopic (exact) mass is 501 g/mol. The highest BCUT2D eigenvalue weighted by Gasteiger charge is 2.69. The Kier molecular flexibility index (Phi) is 6.28. The van der Waals surface area contributed by atoms with Crippen LogP contribution in [0.4, 0.5) is 8.78 Å². The summed E-state index contributed by atoms with van der Waals surface area (Å²) in [6.45, 7) is 2.95. The van der Waals surface area contributed by atoms with Crippen LogP contribution in [0.1, 0.15) is 37.9 Å². The highest BCUT2D eigenvalue weighted by Crippen LogP contribution is 2.58. The largest absolute Gasteiger partial charge is 0.481 e. The van der Waals surface area contributed by atoms with E-state index >= 15 is 8.78 Å². The summed E-state index contributed by atoms with van der Waals surface area (Å²) in [5.41, 5.74) is 2.40. The first-order valence-corrected chi connectivity index (χ1v) is 12.7. The minimum absolute atomic E-state index is 0.467. The van der Waals surface area contributed by atoms with Crippen molar-refractivity contribution >= 4 is 22.1 Å². The molecule has 2 fully saturated rings. The van der Waals surface area contributed by atoms with Crippen LogP contribution in [0.2, 0.25) is 0 Å². The molecule has 4 rings (SSSR count). The third-order valence-electron chi connectivity index (χ3n) is 7.30. The van der Waals surface area contributed by atoms with E-state index in [2.05, 4.69) is 15.8 Å². The fourth-order valence-electron chi connectivity index (χ4n) is 5.64. The lowest BCUT2D eigenvalue weighted by atomic mass is 9.61. The van der Waals surface area contributed by atoms with E-state index < -0.39 is 63.3 Å². The molecule has 2 aromatic rings. The second-order valence-electron chi connectivity index (χ2n) is 9.36. The minimum atomic E-state index is -4.29. The molecule has 0 unspecified atom stereocenters. The van der Waals surface area contributed by atoms with Crippen molar-refractivity contribution in [1.29, 1.82) is 5.26 Å². The average Bonchev–Trinajstić information content (AvgIpc) is 2.97. The SMILES string of the molecule is C[C@H]1NS(=O)(=O)[C@]2(CC(=O)O)CC(F)(F)[C@@H](C)[C@H](C=Cc3ccc(-c4ccccc4C#N)cn3)[C@H]12. The Morgan fingerprint density at radius 1 is 1.29 bits per heavy atom. The molecule has 0 spiro atoms. The van der Waals surface area contributed by atoms with Crippen molar-refractivity contribution in [3.63, 3.8) is 0 Å². The zero-order valence-corrected chi connectivity index (χ0v) is 20.0. The first-order chi connectivity index (χ1) is 16.4. The van der Waals surface area contributed by atoms with Gasteiger partial charge in [-0.25, -0.2) is 21.9 Å². The van der Waals surface area contributed by atoms with Gasteiger partial charge in [0.05, 0.1) is 23.7 Å². The molecule has 7 nitrogen and oxygen atoms in total. The van der Waals surface area contributed by atoms with Crippen LogP contribution in [0.15, 0.2) is 48.7 Å². The molecule has 0 radical (unpaired) electrons. The Bertz CT molecular complexity index is 1320. The maximum absolute atomic E-state index is 15.1. The molecule has 2 heterocycles. The summed E-state index contributed by atoms with van der Waals surface area (Å²) >= 11 is 0. The number of fused-ring (bicyclic) bond motifs is 1. The third kappa shape index (κ3) is 4.23. The summed E-state index contributed by atoms with van der Waals surface area (Å²) in [6.07, 6.45) is 2.74. The number of nitrogens with one attached hydrogen (secondary N) is 1. The lowest BCUT2D eigenvalue weighted by molar-refractivity contribution is -0.145. The average molecular weight is 502 g/mol. The van der Waals surface area contributed by atoms with Crippen molar-refractivity contribution in [2.45, 2.75) is 43.4 Å². The van der Waals surface area contributed by atoms with Crippen LogP contribution in [0.5, 0.6) is 0 Å². The van der Waals surface area contributed by atoms with Crippen molar-refractivity contribution in [3.05, 3.63) is 59.9 Å². The maximum Gasteiger partial charge on any atom is 0.305 e. The van der Waals surface area contributed by atoms with Crippen LogP contribution in [0.25, 0.3) is 17.2 Å². The van der Waals surface area contributed by atoms with Gasteiger partial charge in [0, 0.05) is 41.6 Å². The molecule has 1 aromatic carbocycles. The van der Waals surface area contributed by atoms with Crippen LogP contribution in [0.3, 0.4) is 0 Å². The number of aromatic nitrogens is 1. The number of alkyl halides is 2. The normalized spacial score (nSPS) is 31.1. The summed E-state index contributed by atoms with van der Waals surface area (Å²) in [6, 6.07) is 11.9. The van der Waals surface area contributed by atoms with Crippen molar-refractivity contribution < 1.29 is 27.1 Å². The summed E-state index contributed by atoms with van der Waals surface area (Å²) in [7, 11) is -4.29. The van der Waals surface area contributed by atoms with Crippen LogP contribution in [0, 0.1) is 29.1 Å². The molecular formula is C25H25F2N3O4S. The van der Waals surface area contributed by atoms with Crippen LogP contribution < -0.4 is 4.72 Å². The quantitative estimate of drug-likeness (QED) is 0.637. The number of allylic oxidation sites excluding steroid dienone is 1. The van der Waals surface area contributed by atoms with E-state index in [9.17, 15) is 23.6 Å². The Morgan fingerprint density at radius 3 is 2.63 bits per heavy atom. The van der Waals surface area contributed by atoms with Gasteiger partial charge >= 0.3 is 5.97 Å². The third-order valence-corrected chi connectivity index (χ3v) is 9.61. The first-order valence-electron chi connectivity index (χ1n) is 11.2. The van der Waals surface area contributed by atoms with E-state index in [0.717, 1.165) is 5.56 Å². The molecule has 1 saturated carbocycles. The highest BCUT2D eigenvalue weighted by molar-refractivity contribution is 7.91. The number of pyridine rings is 1. The Labute approximate surface area is 202 Å². The molecule has 35 heavy (non-hydrogen) atoms. The van der Waals surface area contributed by atoms with Gasteiger partial charge in [-0.1, -0.05) is 37.3 Å². The lowest BCUT2D eigenvalue weighted by Crippen LogP contribution is -2.58. The predicted octanol–water partition coefficient (Wildman–Crippen LogP) is 4.08. The van der Waals surface area contributed by atoms with E-state index in [4.69, 9.17) is 0 Å². The molecule has 10 heteroatoms. The Balaban J connectivity index is 1.70. The van der Waals surface area contributed by atoms with Crippen molar-refractivity contribution in [1.82, 2.24) is 9.71 Å².